The van der Waals surface area contributed by atoms with Gasteiger partial charge in [-0.05, 0) is 37.1 Å². The lowest BCUT2D eigenvalue weighted by molar-refractivity contribution is -0.147. The molecule has 2 fully saturated rings. The molecule has 2 aliphatic rings. The second-order valence-corrected chi connectivity index (χ2v) is 9.36. The van der Waals surface area contributed by atoms with Crippen LogP contribution >= 0.6 is 0 Å². The lowest BCUT2D eigenvalue weighted by Crippen LogP contribution is -2.54. The Labute approximate surface area is 212 Å². The number of benzene rings is 1. The van der Waals surface area contributed by atoms with Gasteiger partial charge in [0, 0.05) is 12.6 Å². The highest BCUT2D eigenvalue weighted by molar-refractivity contribution is 5.93. The number of halogens is 4. The van der Waals surface area contributed by atoms with Gasteiger partial charge in [-0.2, -0.15) is 23.5 Å². The molecular formula is C25H19F4N7O2. The summed E-state index contributed by atoms with van der Waals surface area (Å²) in [5.74, 6) is -1.40. The molecule has 1 saturated carbocycles. The van der Waals surface area contributed by atoms with E-state index in [1.54, 1.807) is 17.2 Å². The van der Waals surface area contributed by atoms with Gasteiger partial charge < -0.3 is 9.64 Å². The van der Waals surface area contributed by atoms with Gasteiger partial charge in [-0.25, -0.2) is 14.4 Å². The van der Waals surface area contributed by atoms with E-state index in [0.29, 0.717) is 29.4 Å². The number of anilines is 1. The summed E-state index contributed by atoms with van der Waals surface area (Å²) in [6.45, 7) is 0.771. The van der Waals surface area contributed by atoms with E-state index in [1.807, 2.05) is 10.9 Å². The predicted molar refractivity (Wildman–Crippen MR) is 127 cm³/mol. The molecular weight excluding hydrogens is 506 g/mol. The van der Waals surface area contributed by atoms with E-state index in [4.69, 9.17) is 10.00 Å². The molecule has 3 aromatic heterocycles. The van der Waals surface area contributed by atoms with Gasteiger partial charge in [-0.3, -0.25) is 14.0 Å². The molecule has 1 aliphatic heterocycles. The van der Waals surface area contributed by atoms with Crippen LogP contribution in [0, 0.1) is 17.1 Å². The highest BCUT2D eigenvalue weighted by Gasteiger charge is 2.38. The van der Waals surface area contributed by atoms with Crippen molar-refractivity contribution >= 4 is 16.7 Å². The lowest BCUT2D eigenvalue weighted by Gasteiger charge is -2.39. The molecule has 1 aliphatic carbocycles. The monoisotopic (exact) mass is 525 g/mol. The number of aromatic nitrogens is 5. The normalized spacial score (nSPS) is 15.9. The molecule has 1 saturated heterocycles. The maximum absolute atomic E-state index is 15.0. The van der Waals surface area contributed by atoms with Gasteiger partial charge in [-0.15, -0.1) is 0 Å². The Morgan fingerprint density at radius 1 is 1.16 bits per heavy atom. The molecule has 0 bridgehead atoms. The van der Waals surface area contributed by atoms with Crippen molar-refractivity contribution in [3.8, 4) is 23.1 Å². The number of ether oxygens (including phenoxy) is 1. The number of nitriles is 1. The van der Waals surface area contributed by atoms with Gasteiger partial charge in [0.25, 0.3) is 5.56 Å². The largest absolute Gasteiger partial charge is 0.483 e. The van der Waals surface area contributed by atoms with E-state index in [9.17, 15) is 22.4 Å². The summed E-state index contributed by atoms with van der Waals surface area (Å²) in [6, 6.07) is 7.10. The van der Waals surface area contributed by atoms with E-state index in [1.165, 1.54) is 18.2 Å². The third-order valence-corrected chi connectivity index (χ3v) is 6.63. The smallest absolute Gasteiger partial charge is 0.449 e. The molecule has 9 nitrogen and oxygen atoms in total. The van der Waals surface area contributed by atoms with E-state index < -0.39 is 23.4 Å². The van der Waals surface area contributed by atoms with Crippen molar-refractivity contribution in [1.82, 2.24) is 24.3 Å². The first-order valence-corrected chi connectivity index (χ1v) is 11.8. The van der Waals surface area contributed by atoms with Crippen molar-refractivity contribution in [3.63, 3.8) is 0 Å². The van der Waals surface area contributed by atoms with Crippen molar-refractivity contribution in [1.29, 1.82) is 5.26 Å². The van der Waals surface area contributed by atoms with Crippen molar-refractivity contribution in [2.45, 2.75) is 31.2 Å². The topological polar surface area (TPSA) is 102 Å². The van der Waals surface area contributed by atoms with Crippen LogP contribution in [0.3, 0.4) is 0 Å². The molecule has 4 heterocycles. The third-order valence-electron chi connectivity index (χ3n) is 6.63. The minimum atomic E-state index is -4.92. The molecule has 38 heavy (non-hydrogen) atoms. The van der Waals surface area contributed by atoms with Crippen LogP contribution in [0.15, 0.2) is 41.5 Å². The fourth-order valence-electron chi connectivity index (χ4n) is 4.45. The number of alkyl halides is 3. The number of fused-ring (bicyclic) bond motifs is 1. The first-order chi connectivity index (χ1) is 18.1. The Hall–Kier alpha value is -4.47. The van der Waals surface area contributed by atoms with Crippen LogP contribution in [0.1, 0.15) is 30.3 Å². The Morgan fingerprint density at radius 2 is 1.92 bits per heavy atom. The van der Waals surface area contributed by atoms with Crippen LogP contribution in [0.4, 0.5) is 23.4 Å². The molecule has 0 unspecified atom stereocenters. The molecule has 6 rings (SSSR count). The molecule has 0 radical (unpaired) electrons. The van der Waals surface area contributed by atoms with Gasteiger partial charge in [-0.1, -0.05) is 0 Å². The zero-order chi connectivity index (χ0) is 26.8. The molecule has 194 valence electrons. The van der Waals surface area contributed by atoms with E-state index in [2.05, 4.69) is 15.1 Å². The first kappa shape index (κ1) is 23.9. The molecule has 1 aromatic carbocycles. The predicted octanol–water partition coefficient (Wildman–Crippen LogP) is 3.82. The van der Waals surface area contributed by atoms with Gasteiger partial charge in [0.2, 0.25) is 5.82 Å². The van der Waals surface area contributed by atoms with E-state index in [-0.39, 0.29) is 39.6 Å². The Bertz CT molecular complexity index is 1680. The zero-order valence-corrected chi connectivity index (χ0v) is 19.9. The summed E-state index contributed by atoms with van der Waals surface area (Å²) in [7, 11) is 0.981. The highest BCUT2D eigenvalue weighted by Crippen LogP contribution is 2.36. The molecule has 0 amide bonds. The van der Waals surface area contributed by atoms with Crippen molar-refractivity contribution < 1.29 is 22.3 Å². The standard InChI is InChI=1S/C25H19F4N7O2/c1-34-23(37)18-7-20(35-10-16(11-35)38-15-9-31-36(12-15)14-3-4-14)32-21(22(18)33-24(34)25(27,28)29)17-5-2-13(8-30)6-19(17)26/h2,5-7,9,12,14,16H,3-4,10-11H2,1H3. The average Bonchev–Trinajstić information content (AvgIpc) is 3.60. The van der Waals surface area contributed by atoms with Crippen LogP contribution < -0.4 is 15.2 Å². The summed E-state index contributed by atoms with van der Waals surface area (Å²) in [4.78, 5) is 22.9. The first-order valence-electron chi connectivity index (χ1n) is 11.8. The fourth-order valence-corrected chi connectivity index (χ4v) is 4.45. The maximum Gasteiger partial charge on any atom is 0.449 e. The second kappa shape index (κ2) is 8.54. The quantitative estimate of drug-likeness (QED) is 0.365. The number of pyridine rings is 1. The maximum atomic E-state index is 15.0. The molecule has 0 spiro atoms. The Morgan fingerprint density at radius 3 is 2.58 bits per heavy atom. The summed E-state index contributed by atoms with van der Waals surface area (Å²) >= 11 is 0. The number of nitrogens with zero attached hydrogens (tertiary/aromatic N) is 7. The van der Waals surface area contributed by atoms with Crippen LogP contribution in [0.5, 0.6) is 5.75 Å². The average molecular weight is 525 g/mol. The molecule has 13 heteroatoms. The molecule has 4 aromatic rings. The van der Waals surface area contributed by atoms with Crippen LogP contribution in [0.2, 0.25) is 0 Å². The van der Waals surface area contributed by atoms with Crippen LogP contribution in [0.25, 0.3) is 22.2 Å². The second-order valence-electron chi connectivity index (χ2n) is 9.36. The van der Waals surface area contributed by atoms with Crippen molar-refractivity contribution in [2.75, 3.05) is 18.0 Å². The van der Waals surface area contributed by atoms with E-state index in [0.717, 1.165) is 26.0 Å². The Kier molecular flexibility index (Phi) is 5.37. The van der Waals surface area contributed by atoms with E-state index >= 15 is 0 Å². The lowest BCUT2D eigenvalue weighted by atomic mass is 10.0. The summed E-state index contributed by atoms with van der Waals surface area (Å²) < 4.78 is 64.1. The van der Waals surface area contributed by atoms with Gasteiger partial charge >= 0.3 is 6.18 Å². The van der Waals surface area contributed by atoms with Crippen molar-refractivity contribution in [3.05, 3.63) is 64.2 Å². The number of hydrogen-bond acceptors (Lipinski definition) is 7. The van der Waals surface area contributed by atoms with Gasteiger partial charge in [0.1, 0.15) is 28.9 Å². The third kappa shape index (κ3) is 4.11. The van der Waals surface area contributed by atoms with Crippen LogP contribution in [-0.4, -0.2) is 43.5 Å². The summed E-state index contributed by atoms with van der Waals surface area (Å²) in [5.41, 5.74) is -1.70. The molecule has 0 N–H and O–H groups in total. The van der Waals surface area contributed by atoms with Crippen molar-refractivity contribution in [2.24, 2.45) is 7.05 Å². The Balaban J connectivity index is 1.39. The highest BCUT2D eigenvalue weighted by atomic mass is 19.4. The zero-order valence-electron chi connectivity index (χ0n) is 19.9. The number of rotatable bonds is 5. The summed E-state index contributed by atoms with van der Waals surface area (Å²) in [5, 5.41) is 13.2. The number of hydrogen-bond donors (Lipinski definition) is 0. The SMILES string of the molecule is Cn1c(C(F)(F)F)nc2c(-c3ccc(C#N)cc3F)nc(N3CC(Oc4cnn(C5CC5)c4)C3)cc2c1=O. The van der Waals surface area contributed by atoms with Gasteiger partial charge in [0.15, 0.2) is 5.75 Å². The van der Waals surface area contributed by atoms with Crippen LogP contribution in [-0.2, 0) is 13.2 Å². The molecule has 0 atom stereocenters. The summed E-state index contributed by atoms with van der Waals surface area (Å²) in [6.07, 6.45) is 0.548. The van der Waals surface area contributed by atoms with Gasteiger partial charge in [0.05, 0.1) is 48.5 Å². The minimum Gasteiger partial charge on any atom is -0.483 e. The minimum absolute atomic E-state index is 0.0271. The fraction of sp³-hybridized carbons (Fsp3) is 0.320.